The molecule has 2 saturated carbocycles. The van der Waals surface area contributed by atoms with Crippen LogP contribution in [0.25, 0.3) is 0 Å². The van der Waals surface area contributed by atoms with Crippen LogP contribution in [-0.4, -0.2) is 23.5 Å². The molecule has 0 radical (unpaired) electrons. The second-order valence-corrected chi connectivity index (χ2v) is 5.64. The highest BCUT2D eigenvalue weighted by Gasteiger charge is 2.41. The van der Waals surface area contributed by atoms with Crippen molar-refractivity contribution in [1.29, 1.82) is 0 Å². The number of anilines is 1. The number of carbonyl (C=O) groups excluding carboxylic acids is 1. The molecular weight excluding hydrogens is 238 g/mol. The van der Waals surface area contributed by atoms with Crippen LogP contribution < -0.4 is 10.6 Å². The number of rotatable bonds is 6. The molecule has 1 amide bonds. The van der Waals surface area contributed by atoms with Gasteiger partial charge in [-0.3, -0.25) is 4.79 Å². The van der Waals surface area contributed by atoms with E-state index in [1.165, 1.54) is 25.7 Å². The topological polar surface area (TPSA) is 54.0 Å². The predicted octanol–water partition coefficient (Wildman–Crippen LogP) is 2.43. The largest absolute Gasteiger partial charge is 0.367 e. The first-order valence-corrected chi connectivity index (χ1v) is 7.28. The van der Waals surface area contributed by atoms with Gasteiger partial charge >= 0.3 is 0 Å². The summed E-state index contributed by atoms with van der Waals surface area (Å²) in [6.45, 7) is 2.56. The summed E-state index contributed by atoms with van der Waals surface area (Å²) >= 11 is 0. The van der Waals surface area contributed by atoms with Crippen LogP contribution in [-0.2, 0) is 0 Å². The quantitative estimate of drug-likeness (QED) is 0.825. The van der Waals surface area contributed by atoms with Crippen molar-refractivity contribution in [2.75, 3.05) is 11.9 Å². The zero-order valence-electron chi connectivity index (χ0n) is 11.4. The van der Waals surface area contributed by atoms with Gasteiger partial charge in [-0.15, -0.1) is 0 Å². The van der Waals surface area contributed by atoms with E-state index < -0.39 is 0 Å². The molecule has 0 saturated heterocycles. The summed E-state index contributed by atoms with van der Waals surface area (Å²) in [6.07, 6.45) is 7.07. The Labute approximate surface area is 114 Å². The lowest BCUT2D eigenvalue weighted by Gasteiger charge is -2.18. The Bertz CT molecular complexity index is 437. The number of aromatic nitrogens is 1. The first-order chi connectivity index (χ1) is 9.28. The maximum Gasteiger partial charge on any atom is 0.252 e. The fourth-order valence-electron chi connectivity index (χ4n) is 2.58. The van der Waals surface area contributed by atoms with Gasteiger partial charge in [-0.1, -0.05) is 0 Å². The van der Waals surface area contributed by atoms with Crippen molar-refractivity contribution in [3.8, 4) is 0 Å². The first kappa shape index (κ1) is 12.5. The van der Waals surface area contributed by atoms with E-state index in [1.54, 1.807) is 6.20 Å². The number of amides is 1. The molecule has 2 fully saturated rings. The molecule has 19 heavy (non-hydrogen) atoms. The lowest BCUT2D eigenvalue weighted by molar-refractivity contribution is 0.0955. The van der Waals surface area contributed by atoms with E-state index in [9.17, 15) is 4.79 Å². The molecule has 0 bridgehead atoms. The molecule has 102 valence electrons. The number of hydrogen-bond donors (Lipinski definition) is 2. The predicted molar refractivity (Wildman–Crippen MR) is 75.1 cm³/mol. The Balaban J connectivity index is 1.63. The second kappa shape index (κ2) is 5.19. The minimum absolute atomic E-state index is 0.0533. The van der Waals surface area contributed by atoms with Gasteiger partial charge in [0.05, 0.1) is 5.56 Å². The van der Waals surface area contributed by atoms with Gasteiger partial charge in [-0.2, -0.15) is 0 Å². The molecule has 0 aromatic carbocycles. The molecule has 4 nitrogen and oxygen atoms in total. The molecule has 0 unspecified atom stereocenters. The lowest BCUT2D eigenvalue weighted by Crippen LogP contribution is -2.25. The van der Waals surface area contributed by atoms with Crippen molar-refractivity contribution < 1.29 is 4.79 Å². The van der Waals surface area contributed by atoms with Crippen LogP contribution >= 0.6 is 0 Å². The molecule has 0 atom stereocenters. The van der Waals surface area contributed by atoms with Gasteiger partial charge in [-0.25, -0.2) is 4.98 Å². The van der Waals surface area contributed by atoms with Gasteiger partial charge in [0.2, 0.25) is 0 Å². The third-order valence-corrected chi connectivity index (χ3v) is 3.94. The summed E-state index contributed by atoms with van der Waals surface area (Å²) in [6, 6.07) is 4.36. The van der Waals surface area contributed by atoms with Gasteiger partial charge in [0.15, 0.2) is 0 Å². The maximum absolute atomic E-state index is 11.6. The molecule has 1 aromatic rings. The van der Waals surface area contributed by atoms with Gasteiger partial charge in [0, 0.05) is 18.8 Å². The van der Waals surface area contributed by atoms with Crippen LogP contribution in [0.5, 0.6) is 0 Å². The van der Waals surface area contributed by atoms with E-state index in [-0.39, 0.29) is 5.91 Å². The Morgan fingerprint density at radius 2 is 2.00 bits per heavy atom. The molecular formula is C15H21N3O. The number of carbonyl (C=O) groups is 1. The van der Waals surface area contributed by atoms with Crippen LogP contribution in [0.15, 0.2) is 18.3 Å². The zero-order valence-corrected chi connectivity index (χ0v) is 11.4. The average molecular weight is 259 g/mol. The molecule has 0 spiro atoms. The summed E-state index contributed by atoms with van der Waals surface area (Å²) in [4.78, 5) is 16.0. The van der Waals surface area contributed by atoms with Crippen molar-refractivity contribution >= 4 is 11.7 Å². The maximum atomic E-state index is 11.6. The molecule has 2 aliphatic rings. The summed E-state index contributed by atoms with van der Waals surface area (Å²) in [5, 5.41) is 6.34. The number of nitrogens with one attached hydrogen (secondary N) is 2. The minimum Gasteiger partial charge on any atom is -0.367 e. The SMILES string of the molecule is CCNC(=O)c1ccc(NC(C2CC2)C2CC2)nc1. The molecule has 2 N–H and O–H groups in total. The summed E-state index contributed by atoms with van der Waals surface area (Å²) < 4.78 is 0. The second-order valence-electron chi connectivity index (χ2n) is 5.64. The third-order valence-electron chi connectivity index (χ3n) is 3.94. The Kier molecular flexibility index (Phi) is 3.40. The highest BCUT2D eigenvalue weighted by atomic mass is 16.1. The molecule has 0 aliphatic heterocycles. The Morgan fingerprint density at radius 3 is 2.47 bits per heavy atom. The highest BCUT2D eigenvalue weighted by molar-refractivity contribution is 5.93. The van der Waals surface area contributed by atoms with Gasteiger partial charge in [0.25, 0.3) is 5.91 Å². The number of hydrogen-bond acceptors (Lipinski definition) is 3. The van der Waals surface area contributed by atoms with Gasteiger partial charge in [0.1, 0.15) is 5.82 Å². The fourth-order valence-corrected chi connectivity index (χ4v) is 2.58. The van der Waals surface area contributed by atoms with Crippen LogP contribution in [0.2, 0.25) is 0 Å². The van der Waals surface area contributed by atoms with Crippen molar-refractivity contribution in [3.63, 3.8) is 0 Å². The van der Waals surface area contributed by atoms with Gasteiger partial charge < -0.3 is 10.6 Å². The van der Waals surface area contributed by atoms with Crippen molar-refractivity contribution in [3.05, 3.63) is 23.9 Å². The molecule has 3 rings (SSSR count). The average Bonchev–Trinajstić information content (AvgIpc) is 3.30. The van der Waals surface area contributed by atoms with E-state index >= 15 is 0 Å². The Morgan fingerprint density at radius 1 is 1.32 bits per heavy atom. The smallest absolute Gasteiger partial charge is 0.252 e. The van der Waals surface area contributed by atoms with Crippen LogP contribution in [0.1, 0.15) is 43.0 Å². The van der Waals surface area contributed by atoms with Crippen molar-refractivity contribution in [2.24, 2.45) is 11.8 Å². The molecule has 4 heteroatoms. The fraction of sp³-hybridized carbons (Fsp3) is 0.600. The number of pyridine rings is 1. The zero-order chi connectivity index (χ0) is 13.2. The third kappa shape index (κ3) is 3.06. The summed E-state index contributed by atoms with van der Waals surface area (Å²) in [5.74, 6) is 2.54. The van der Waals surface area contributed by atoms with Crippen LogP contribution in [0, 0.1) is 11.8 Å². The normalized spacial score (nSPS) is 18.4. The number of nitrogens with zero attached hydrogens (tertiary/aromatic N) is 1. The van der Waals surface area contributed by atoms with Gasteiger partial charge in [-0.05, 0) is 56.6 Å². The van der Waals surface area contributed by atoms with E-state index in [0.717, 1.165) is 17.7 Å². The molecule has 2 aliphatic carbocycles. The van der Waals surface area contributed by atoms with E-state index in [2.05, 4.69) is 15.6 Å². The lowest BCUT2D eigenvalue weighted by atomic mass is 10.1. The van der Waals surface area contributed by atoms with Crippen LogP contribution in [0.3, 0.4) is 0 Å². The highest BCUT2D eigenvalue weighted by Crippen LogP contribution is 2.45. The van der Waals surface area contributed by atoms with Crippen molar-refractivity contribution in [1.82, 2.24) is 10.3 Å². The summed E-state index contributed by atoms with van der Waals surface area (Å²) in [7, 11) is 0. The van der Waals surface area contributed by atoms with Crippen LogP contribution in [0.4, 0.5) is 5.82 Å². The summed E-state index contributed by atoms with van der Waals surface area (Å²) in [5.41, 5.74) is 0.627. The van der Waals surface area contributed by atoms with E-state index in [4.69, 9.17) is 0 Å². The minimum atomic E-state index is -0.0533. The standard InChI is InChI=1S/C15H21N3O/c1-2-16-15(19)12-7-8-13(17-9-12)18-14(10-3-4-10)11-5-6-11/h7-11,14H,2-6H2,1H3,(H,16,19)(H,17,18). The molecule has 1 aromatic heterocycles. The monoisotopic (exact) mass is 259 g/mol. The first-order valence-electron chi connectivity index (χ1n) is 7.28. The van der Waals surface area contributed by atoms with Crippen molar-refractivity contribution in [2.45, 2.75) is 38.6 Å². The molecule has 1 heterocycles. The van der Waals surface area contributed by atoms with E-state index in [0.29, 0.717) is 18.2 Å². The van der Waals surface area contributed by atoms with E-state index in [1.807, 2.05) is 19.1 Å². The Hall–Kier alpha value is -1.58.